The molecule has 250 valence electrons. The molecular weight excluding hydrogens is 638 g/mol. The van der Waals surface area contributed by atoms with Crippen molar-refractivity contribution in [3.8, 4) is 17.2 Å². The Balaban J connectivity index is 1.65. The zero-order valence-electron chi connectivity index (χ0n) is 27.1. The molecule has 0 fully saturated rings. The number of allylic oxidation sites excluding steroid dienone is 1. The second kappa shape index (κ2) is 15.1. The smallest absolute Gasteiger partial charge is 0.338 e. The summed E-state index contributed by atoms with van der Waals surface area (Å²) in [5, 5.41) is 12.3. The van der Waals surface area contributed by atoms with Gasteiger partial charge in [0.1, 0.15) is 25.0 Å². The highest BCUT2D eigenvalue weighted by Gasteiger charge is 2.35. The van der Waals surface area contributed by atoms with Gasteiger partial charge in [-0.05, 0) is 44.5 Å². The number of methoxy groups -OCH3 is 2. The number of benzene rings is 3. The van der Waals surface area contributed by atoms with Crippen LogP contribution in [0.4, 0.5) is 5.69 Å². The maximum Gasteiger partial charge on any atom is 0.338 e. The molecule has 0 saturated heterocycles. The van der Waals surface area contributed by atoms with Crippen LogP contribution in [0.15, 0.2) is 87.8 Å². The van der Waals surface area contributed by atoms with Crippen LogP contribution in [0.1, 0.15) is 43.5 Å². The van der Waals surface area contributed by atoms with E-state index >= 15 is 0 Å². The van der Waals surface area contributed by atoms with Gasteiger partial charge in [0.25, 0.3) is 11.2 Å². The van der Waals surface area contributed by atoms with Gasteiger partial charge in [-0.15, -0.1) is 0 Å². The minimum Gasteiger partial charge on any atom is -0.493 e. The first-order chi connectivity index (χ1) is 23.1. The molecule has 0 spiro atoms. The number of thiazole rings is 1. The van der Waals surface area contributed by atoms with E-state index in [2.05, 4.69) is 4.99 Å². The summed E-state index contributed by atoms with van der Waals surface area (Å²) in [5.41, 5.74) is 1.30. The first-order valence-electron chi connectivity index (χ1n) is 15.1. The minimum absolute atomic E-state index is 0.00392. The molecular formula is C35H35N3O9S. The number of nitro groups is 1. The molecule has 1 atom stereocenters. The van der Waals surface area contributed by atoms with E-state index < -0.39 is 22.5 Å². The van der Waals surface area contributed by atoms with Crippen LogP contribution in [0, 0.1) is 10.1 Å². The Morgan fingerprint density at radius 2 is 1.77 bits per heavy atom. The Hall–Kier alpha value is -5.27. The van der Waals surface area contributed by atoms with E-state index in [0.29, 0.717) is 21.8 Å². The Bertz CT molecular complexity index is 2030. The number of esters is 1. The summed E-state index contributed by atoms with van der Waals surface area (Å²) >= 11 is 1.05. The van der Waals surface area contributed by atoms with Crippen LogP contribution in [0.25, 0.3) is 6.08 Å². The van der Waals surface area contributed by atoms with E-state index in [1.807, 2.05) is 44.2 Å². The standard InChI is InChI=1S/C35H35N3O9S/c1-21(2)47-27-14-10-9-13-25(27)32-31(34(40)45-16-15-43-4)22(3)36-35-37(32)33(39)30(48-35)18-24-17-28(44-5)29(19-26(24)38(41)42)46-20-23-11-7-6-8-12-23/h6-14,17-19,21,32H,15-16,20H2,1-5H3/b30-18+/t32-/m1/s1. The largest absolute Gasteiger partial charge is 0.493 e. The molecule has 0 radical (unpaired) electrons. The van der Waals surface area contributed by atoms with E-state index in [4.69, 9.17) is 23.7 Å². The molecule has 0 N–H and O–H groups in total. The van der Waals surface area contributed by atoms with Crippen molar-refractivity contribution in [2.45, 2.75) is 39.5 Å². The van der Waals surface area contributed by atoms with Gasteiger partial charge >= 0.3 is 5.97 Å². The number of hydrogen-bond donors (Lipinski definition) is 0. The van der Waals surface area contributed by atoms with Crippen molar-refractivity contribution in [2.75, 3.05) is 27.4 Å². The molecule has 13 heteroatoms. The van der Waals surface area contributed by atoms with Gasteiger partial charge < -0.3 is 23.7 Å². The molecule has 2 heterocycles. The number of hydrogen-bond acceptors (Lipinski definition) is 11. The minimum atomic E-state index is -0.952. The van der Waals surface area contributed by atoms with Crippen molar-refractivity contribution < 1.29 is 33.4 Å². The average molecular weight is 674 g/mol. The summed E-state index contributed by atoms with van der Waals surface area (Å²) in [4.78, 5) is 44.4. The lowest BCUT2D eigenvalue weighted by Gasteiger charge is -2.27. The zero-order chi connectivity index (χ0) is 34.4. The summed E-state index contributed by atoms with van der Waals surface area (Å²) in [6.07, 6.45) is 1.23. The number of carbonyl (C=O) groups excluding carboxylic acids is 1. The highest BCUT2D eigenvalue weighted by molar-refractivity contribution is 7.07. The summed E-state index contributed by atoms with van der Waals surface area (Å²) in [6.45, 7) is 5.79. The summed E-state index contributed by atoms with van der Waals surface area (Å²) in [5.74, 6) is 0.264. The monoisotopic (exact) mass is 673 g/mol. The highest BCUT2D eigenvalue weighted by Crippen LogP contribution is 2.37. The summed E-state index contributed by atoms with van der Waals surface area (Å²) < 4.78 is 29.6. The Kier molecular flexibility index (Phi) is 10.7. The number of carbonyl (C=O) groups is 1. The zero-order valence-corrected chi connectivity index (χ0v) is 27.9. The molecule has 0 saturated carbocycles. The van der Waals surface area contributed by atoms with Crippen molar-refractivity contribution >= 4 is 29.1 Å². The van der Waals surface area contributed by atoms with Gasteiger partial charge in [-0.2, -0.15) is 0 Å². The Labute approximate surface area is 280 Å². The highest BCUT2D eigenvalue weighted by atomic mass is 32.1. The second-order valence-corrected chi connectivity index (χ2v) is 12.0. The van der Waals surface area contributed by atoms with Gasteiger partial charge in [-0.3, -0.25) is 19.5 Å². The molecule has 5 rings (SSSR count). The predicted molar refractivity (Wildman–Crippen MR) is 179 cm³/mol. The summed E-state index contributed by atoms with van der Waals surface area (Å²) in [6, 6.07) is 18.3. The fraction of sp³-hybridized carbons (Fsp3) is 0.286. The number of ether oxygens (including phenoxy) is 5. The van der Waals surface area contributed by atoms with Gasteiger partial charge in [0.2, 0.25) is 0 Å². The van der Waals surface area contributed by atoms with Crippen LogP contribution in [-0.2, 0) is 20.9 Å². The fourth-order valence-corrected chi connectivity index (χ4v) is 6.27. The third kappa shape index (κ3) is 7.32. The number of aromatic nitrogens is 1. The van der Waals surface area contributed by atoms with Crippen LogP contribution in [0.5, 0.6) is 17.2 Å². The second-order valence-electron chi connectivity index (χ2n) is 11.0. The first kappa shape index (κ1) is 34.1. The third-order valence-corrected chi connectivity index (χ3v) is 8.35. The van der Waals surface area contributed by atoms with Crippen LogP contribution in [0.2, 0.25) is 0 Å². The van der Waals surface area contributed by atoms with Gasteiger partial charge in [0.05, 0.1) is 52.2 Å². The molecule has 3 aromatic carbocycles. The Morgan fingerprint density at radius 3 is 2.46 bits per heavy atom. The van der Waals surface area contributed by atoms with E-state index in [9.17, 15) is 19.7 Å². The van der Waals surface area contributed by atoms with Gasteiger partial charge in [-0.25, -0.2) is 9.79 Å². The molecule has 4 aromatic rings. The van der Waals surface area contributed by atoms with Crippen molar-refractivity contribution in [1.82, 2.24) is 4.57 Å². The lowest BCUT2D eigenvalue weighted by Crippen LogP contribution is -2.40. The number of nitrogens with zero attached hydrogens (tertiary/aromatic N) is 3. The number of rotatable bonds is 13. The van der Waals surface area contributed by atoms with Crippen LogP contribution < -0.4 is 29.1 Å². The molecule has 1 aromatic heterocycles. The van der Waals surface area contributed by atoms with Crippen LogP contribution in [-0.4, -0.2) is 49.0 Å². The molecule has 0 bridgehead atoms. The van der Waals surface area contributed by atoms with Gasteiger partial charge in [0, 0.05) is 12.7 Å². The third-order valence-electron chi connectivity index (χ3n) is 7.37. The molecule has 1 aliphatic rings. The quantitative estimate of drug-likeness (QED) is 0.0854. The SMILES string of the molecule is COCCOC(=O)C1=C(C)N=c2s/c(=C/c3cc(OC)c(OCc4ccccc4)cc3[N+](=O)[O-])c(=O)n2[C@@H]1c1ccccc1OC(C)C. The van der Waals surface area contributed by atoms with Crippen molar-refractivity contribution in [2.24, 2.45) is 4.99 Å². The lowest BCUT2D eigenvalue weighted by atomic mass is 9.95. The molecule has 12 nitrogen and oxygen atoms in total. The number of nitro benzene ring substituents is 1. The normalized spacial score (nSPS) is 14.4. The Morgan fingerprint density at radius 1 is 1.04 bits per heavy atom. The maximum absolute atomic E-state index is 14.3. The lowest BCUT2D eigenvalue weighted by molar-refractivity contribution is -0.385. The van der Waals surface area contributed by atoms with Crippen molar-refractivity contribution in [3.05, 3.63) is 124 Å². The van der Waals surface area contributed by atoms with E-state index in [1.54, 1.807) is 31.2 Å². The molecule has 0 aliphatic carbocycles. The number of fused-ring (bicyclic) bond motifs is 1. The van der Waals surface area contributed by atoms with E-state index in [-0.39, 0.29) is 58.8 Å². The predicted octanol–water partition coefficient (Wildman–Crippen LogP) is 4.71. The molecule has 1 aliphatic heterocycles. The molecule has 48 heavy (non-hydrogen) atoms. The molecule has 0 unspecified atom stereocenters. The topological polar surface area (TPSA) is 141 Å². The maximum atomic E-state index is 14.3. The van der Waals surface area contributed by atoms with Gasteiger partial charge in [0.15, 0.2) is 16.3 Å². The molecule has 0 amide bonds. The first-order valence-corrected chi connectivity index (χ1v) is 15.9. The summed E-state index contributed by atoms with van der Waals surface area (Å²) in [7, 11) is 2.93. The van der Waals surface area contributed by atoms with Gasteiger partial charge in [-0.1, -0.05) is 59.9 Å². The number of para-hydroxylation sites is 1. The van der Waals surface area contributed by atoms with Crippen LogP contribution in [0.3, 0.4) is 0 Å². The van der Waals surface area contributed by atoms with E-state index in [0.717, 1.165) is 16.9 Å². The van der Waals surface area contributed by atoms with Crippen molar-refractivity contribution in [3.63, 3.8) is 0 Å². The van der Waals surface area contributed by atoms with Crippen LogP contribution >= 0.6 is 11.3 Å². The average Bonchev–Trinajstić information content (AvgIpc) is 3.37. The fourth-order valence-electron chi connectivity index (χ4n) is 5.23. The van der Waals surface area contributed by atoms with E-state index in [1.165, 1.54) is 37.0 Å². The van der Waals surface area contributed by atoms with Crippen molar-refractivity contribution in [1.29, 1.82) is 0 Å².